The van der Waals surface area contributed by atoms with E-state index >= 15 is 0 Å². The van der Waals surface area contributed by atoms with Crippen LogP contribution in [0.4, 0.5) is 10.3 Å². The Labute approximate surface area is 190 Å². The van der Waals surface area contributed by atoms with Crippen molar-refractivity contribution < 1.29 is 9.59 Å². The Kier molecular flexibility index (Phi) is 7.93. The highest BCUT2D eigenvalue weighted by Gasteiger charge is 2.17. The lowest BCUT2D eigenvalue weighted by atomic mass is 10.2. The maximum atomic E-state index is 12.3. The predicted molar refractivity (Wildman–Crippen MR) is 130 cm³/mol. The number of carbonyl (C=O) groups excluding carboxylic acids is 2. The Balaban J connectivity index is 1.78. The number of anilines is 2. The summed E-state index contributed by atoms with van der Waals surface area (Å²) in [5.41, 5.74) is 2.68. The maximum Gasteiger partial charge on any atom is 0.240 e. The molecule has 31 heavy (non-hydrogen) atoms. The summed E-state index contributed by atoms with van der Waals surface area (Å²) in [5, 5.41) is 7.03. The summed E-state index contributed by atoms with van der Waals surface area (Å²) in [6.45, 7) is 14.2. The first-order valence-electron chi connectivity index (χ1n) is 10.6. The van der Waals surface area contributed by atoms with Gasteiger partial charge in [0.2, 0.25) is 11.8 Å². The Morgan fingerprint density at radius 1 is 0.806 bits per heavy atom. The molecule has 0 fully saturated rings. The van der Waals surface area contributed by atoms with Crippen LogP contribution in [0, 0.1) is 6.92 Å². The monoisotopic (exact) mass is 462 g/mol. The minimum absolute atomic E-state index is 0.0569. The molecule has 3 rings (SSSR count). The third kappa shape index (κ3) is 5.57. The summed E-state index contributed by atoms with van der Waals surface area (Å²) in [4.78, 5) is 37.9. The molecule has 0 radical (unpaired) electrons. The summed E-state index contributed by atoms with van der Waals surface area (Å²) < 4.78 is 2.05. The van der Waals surface area contributed by atoms with Gasteiger partial charge in [-0.05, 0) is 44.7 Å². The molecule has 2 amide bonds. The van der Waals surface area contributed by atoms with Gasteiger partial charge in [-0.25, -0.2) is 9.97 Å². The molecule has 168 valence electrons. The molecule has 0 aliphatic carbocycles. The number of aromatic nitrogens is 2. The summed E-state index contributed by atoms with van der Waals surface area (Å²) in [6.07, 6.45) is 0. The number of benzene rings is 1. The van der Waals surface area contributed by atoms with Crippen molar-refractivity contribution in [3.05, 3.63) is 11.6 Å². The van der Waals surface area contributed by atoms with Crippen LogP contribution in [0.5, 0.6) is 0 Å². The summed E-state index contributed by atoms with van der Waals surface area (Å²) >= 11 is 2.94. The molecule has 0 saturated carbocycles. The molecule has 2 N–H and O–H groups in total. The molecule has 0 aliphatic rings. The van der Waals surface area contributed by atoms with E-state index in [1.807, 2.05) is 40.7 Å². The first-order valence-corrected chi connectivity index (χ1v) is 12.3. The molecule has 0 spiro atoms. The molecule has 0 aliphatic heterocycles. The van der Waals surface area contributed by atoms with E-state index in [0.717, 1.165) is 52.2 Å². The maximum absolute atomic E-state index is 12.3. The standard InChI is InChI=1S/C21H30N6O2S2/c1-6-26(7-2)11-16(28)24-20-22-14-10-15-19(13(5)18(14)30-20)31-21(23-15)25-17(29)12-27(8-3)9-4/h10H,6-9,11-12H2,1-5H3,(H,22,24,28)(H,23,25,29). The van der Waals surface area contributed by atoms with Crippen LogP contribution in [-0.4, -0.2) is 70.9 Å². The third-order valence-corrected chi connectivity index (χ3v) is 7.49. The van der Waals surface area contributed by atoms with Crippen LogP contribution in [0.25, 0.3) is 20.4 Å². The third-order valence-electron chi connectivity index (χ3n) is 5.28. The number of nitrogens with zero attached hydrogens (tertiary/aromatic N) is 4. The van der Waals surface area contributed by atoms with Crippen LogP contribution in [0.3, 0.4) is 0 Å². The average molecular weight is 463 g/mol. The quantitative estimate of drug-likeness (QED) is 0.477. The predicted octanol–water partition coefficient (Wildman–Crippen LogP) is 3.78. The van der Waals surface area contributed by atoms with Gasteiger partial charge in [-0.1, -0.05) is 50.4 Å². The Morgan fingerprint density at radius 2 is 1.19 bits per heavy atom. The van der Waals surface area contributed by atoms with Gasteiger partial charge in [0.05, 0.1) is 33.5 Å². The molecule has 0 unspecified atom stereocenters. The largest absolute Gasteiger partial charge is 0.301 e. The van der Waals surface area contributed by atoms with Crippen molar-refractivity contribution in [2.45, 2.75) is 34.6 Å². The molecule has 1 aromatic carbocycles. The van der Waals surface area contributed by atoms with Crippen LogP contribution in [0.15, 0.2) is 6.07 Å². The molecule has 0 bridgehead atoms. The summed E-state index contributed by atoms with van der Waals surface area (Å²) in [7, 11) is 0. The minimum atomic E-state index is -0.0569. The number of nitrogens with one attached hydrogen (secondary N) is 2. The van der Waals surface area contributed by atoms with E-state index in [1.54, 1.807) is 0 Å². The van der Waals surface area contributed by atoms with Gasteiger partial charge < -0.3 is 10.6 Å². The molecule has 10 heteroatoms. The van der Waals surface area contributed by atoms with Crippen molar-refractivity contribution in [3.63, 3.8) is 0 Å². The highest BCUT2D eigenvalue weighted by molar-refractivity contribution is 7.24. The van der Waals surface area contributed by atoms with Gasteiger partial charge in [0.1, 0.15) is 0 Å². The molecular weight excluding hydrogens is 432 g/mol. The van der Waals surface area contributed by atoms with Gasteiger partial charge in [-0.3, -0.25) is 19.4 Å². The second-order valence-corrected chi connectivity index (χ2v) is 9.25. The lowest BCUT2D eigenvalue weighted by Gasteiger charge is -2.16. The van der Waals surface area contributed by atoms with E-state index in [0.29, 0.717) is 23.4 Å². The van der Waals surface area contributed by atoms with Gasteiger partial charge in [-0.15, -0.1) is 0 Å². The van der Waals surface area contributed by atoms with E-state index in [9.17, 15) is 9.59 Å². The minimum Gasteiger partial charge on any atom is -0.301 e. The van der Waals surface area contributed by atoms with Crippen LogP contribution >= 0.6 is 22.7 Å². The highest BCUT2D eigenvalue weighted by atomic mass is 32.1. The second kappa shape index (κ2) is 10.4. The number of fused-ring (bicyclic) bond motifs is 2. The topological polar surface area (TPSA) is 90.5 Å². The highest BCUT2D eigenvalue weighted by Crippen LogP contribution is 2.37. The zero-order chi connectivity index (χ0) is 22.5. The summed E-state index contributed by atoms with van der Waals surface area (Å²) in [6, 6.07) is 1.92. The summed E-state index contributed by atoms with van der Waals surface area (Å²) in [5.74, 6) is -0.114. The lowest BCUT2D eigenvalue weighted by molar-refractivity contribution is -0.118. The Hall–Kier alpha value is -2.14. The molecule has 2 aromatic heterocycles. The molecule has 8 nitrogen and oxygen atoms in total. The number of likely N-dealkylation sites (N-methyl/N-ethyl adjacent to an activating group) is 2. The van der Waals surface area contributed by atoms with E-state index < -0.39 is 0 Å². The van der Waals surface area contributed by atoms with Gasteiger partial charge >= 0.3 is 0 Å². The van der Waals surface area contributed by atoms with Crippen LogP contribution < -0.4 is 10.6 Å². The number of hydrogen-bond acceptors (Lipinski definition) is 8. The van der Waals surface area contributed by atoms with E-state index in [2.05, 4.69) is 30.4 Å². The van der Waals surface area contributed by atoms with Crippen molar-refractivity contribution in [3.8, 4) is 0 Å². The zero-order valence-electron chi connectivity index (χ0n) is 18.7. The molecule has 2 heterocycles. The fourth-order valence-electron chi connectivity index (χ4n) is 3.35. The van der Waals surface area contributed by atoms with Crippen LogP contribution in [-0.2, 0) is 9.59 Å². The first kappa shape index (κ1) is 23.5. The lowest BCUT2D eigenvalue weighted by Crippen LogP contribution is -2.32. The zero-order valence-corrected chi connectivity index (χ0v) is 20.4. The number of rotatable bonds is 10. The van der Waals surface area contributed by atoms with Gasteiger partial charge in [0.15, 0.2) is 10.3 Å². The molecular formula is C21H30N6O2S2. The van der Waals surface area contributed by atoms with Crippen molar-refractivity contribution in [1.29, 1.82) is 0 Å². The molecule has 0 saturated heterocycles. The van der Waals surface area contributed by atoms with Gasteiger partial charge in [0, 0.05) is 0 Å². The van der Waals surface area contributed by atoms with Crippen molar-refractivity contribution >= 4 is 65.2 Å². The van der Waals surface area contributed by atoms with E-state index in [1.165, 1.54) is 22.7 Å². The van der Waals surface area contributed by atoms with E-state index in [4.69, 9.17) is 0 Å². The molecule has 3 aromatic rings. The number of amides is 2. The fraction of sp³-hybridized carbons (Fsp3) is 0.524. The number of thiazole rings is 2. The Morgan fingerprint density at radius 3 is 1.55 bits per heavy atom. The number of aryl methyl sites for hydroxylation is 1. The Bertz CT molecular complexity index is 988. The smallest absolute Gasteiger partial charge is 0.240 e. The molecule has 0 atom stereocenters. The van der Waals surface area contributed by atoms with Crippen molar-refractivity contribution in [2.75, 3.05) is 49.9 Å². The number of hydrogen-bond donors (Lipinski definition) is 2. The average Bonchev–Trinajstić information content (AvgIpc) is 3.33. The van der Waals surface area contributed by atoms with Crippen molar-refractivity contribution in [1.82, 2.24) is 19.8 Å². The van der Waals surface area contributed by atoms with Gasteiger partial charge in [0.25, 0.3) is 0 Å². The SMILES string of the molecule is CCN(CC)CC(=O)Nc1nc2cc3nc(NC(=O)CN(CC)CC)sc3c(C)c2s1. The normalized spacial score (nSPS) is 11.7. The second-order valence-electron chi connectivity index (χ2n) is 7.26. The van der Waals surface area contributed by atoms with E-state index in [-0.39, 0.29) is 11.8 Å². The fourth-order valence-corrected chi connectivity index (χ4v) is 5.35. The first-order chi connectivity index (χ1) is 14.9. The van der Waals surface area contributed by atoms with Crippen molar-refractivity contribution in [2.24, 2.45) is 0 Å². The van der Waals surface area contributed by atoms with Crippen LogP contribution in [0.1, 0.15) is 33.3 Å². The van der Waals surface area contributed by atoms with Gasteiger partial charge in [-0.2, -0.15) is 0 Å². The van der Waals surface area contributed by atoms with Crippen LogP contribution in [0.2, 0.25) is 0 Å². The number of carbonyl (C=O) groups is 2.